The molecule has 0 aliphatic carbocycles. The number of carbonyl (C=O) groups is 1. The maximum absolute atomic E-state index is 11.6. The van der Waals surface area contributed by atoms with Crippen molar-refractivity contribution in [2.45, 2.75) is 77.2 Å². The summed E-state index contributed by atoms with van der Waals surface area (Å²) in [7, 11) is 0. The zero-order chi connectivity index (χ0) is 27.0. The summed E-state index contributed by atoms with van der Waals surface area (Å²) in [4.78, 5) is 11.6. The molecule has 4 heteroatoms. The van der Waals surface area contributed by atoms with E-state index in [0.29, 0.717) is 6.42 Å². The van der Waals surface area contributed by atoms with Crippen LogP contribution in [-0.4, -0.2) is 35.5 Å². The number of carbonyl (C=O) groups excluding carboxylic acids is 1. The average Bonchev–Trinajstić information content (AvgIpc) is 2.81. The quantitative estimate of drug-likeness (QED) is 0.209. The Morgan fingerprint density at radius 3 is 1.81 bits per heavy atom. The van der Waals surface area contributed by atoms with Gasteiger partial charge in [-0.1, -0.05) is 68.2 Å². The van der Waals surface area contributed by atoms with Crippen molar-refractivity contribution in [3.63, 3.8) is 0 Å². The molecule has 0 aromatic rings. The maximum atomic E-state index is 11.6. The van der Waals surface area contributed by atoms with Crippen LogP contribution in [0.2, 0.25) is 0 Å². The fourth-order valence-corrected chi connectivity index (χ4v) is 1.85. The number of unbranched alkanes of at least 4 members (excludes halogenated alkanes) is 2. The highest BCUT2D eigenvalue weighted by atomic mass is 16.6. The Morgan fingerprint density at radius 1 is 0.852 bits per heavy atom. The zero-order valence-electron chi connectivity index (χ0n) is 24.3. The van der Waals surface area contributed by atoms with Crippen molar-refractivity contribution in [2.75, 3.05) is 13.2 Å². The smallest absolute Gasteiger partial charge is 0.306 e. The predicted molar refractivity (Wildman–Crippen MR) is 112 cm³/mol. The second-order valence-corrected chi connectivity index (χ2v) is 5.73. The van der Waals surface area contributed by atoms with Gasteiger partial charge in [0.05, 0.1) is 24.2 Å². The molecule has 0 atom stereocenters. The molecular weight excluding hydrogens is 340 g/mol. The van der Waals surface area contributed by atoms with E-state index in [1.807, 2.05) is 6.92 Å². The molecule has 0 amide bonds. The summed E-state index contributed by atoms with van der Waals surface area (Å²) >= 11 is 0. The maximum Gasteiger partial charge on any atom is 0.306 e. The van der Waals surface area contributed by atoms with Gasteiger partial charge in [-0.25, -0.2) is 0 Å². The second kappa shape index (κ2) is 20.7. The lowest BCUT2D eigenvalue weighted by Gasteiger charge is -2.11. The lowest BCUT2D eigenvalue weighted by atomic mass is 10.2. The summed E-state index contributed by atoms with van der Waals surface area (Å²) in [6.45, 7) is 1.04. The van der Waals surface area contributed by atoms with Crippen molar-refractivity contribution in [1.82, 2.24) is 0 Å². The van der Waals surface area contributed by atoms with Gasteiger partial charge in [0.2, 0.25) is 0 Å². The average molecular weight is 387 g/mol. The summed E-state index contributed by atoms with van der Waals surface area (Å²) in [5, 5.41) is 17.8. The van der Waals surface area contributed by atoms with Gasteiger partial charge in [-0.3, -0.25) is 4.79 Å². The normalized spacial score (nSPS) is 19.6. The third-order valence-electron chi connectivity index (χ3n) is 3.32. The highest BCUT2D eigenvalue weighted by molar-refractivity contribution is 5.69. The van der Waals surface area contributed by atoms with E-state index >= 15 is 0 Å². The SMILES string of the molecule is [2H]/C(CCCCC)=C(\[2H])C/C([2H])=C(/[2H])C/C([2H])=C(\[2H])C/C([2H])=C(/[2H])CCCC(=O)OC(CO)CO. The van der Waals surface area contributed by atoms with Crippen LogP contribution in [0.25, 0.3) is 0 Å². The Balaban J connectivity index is 4.92. The third-order valence-corrected chi connectivity index (χ3v) is 3.32. The molecule has 27 heavy (non-hydrogen) atoms. The molecule has 0 aromatic heterocycles. The van der Waals surface area contributed by atoms with E-state index in [9.17, 15) is 4.79 Å². The van der Waals surface area contributed by atoms with Crippen LogP contribution < -0.4 is 0 Å². The zero-order valence-corrected chi connectivity index (χ0v) is 16.3. The molecule has 0 fully saturated rings. The molecule has 2 N–H and O–H groups in total. The molecule has 0 radical (unpaired) electrons. The van der Waals surface area contributed by atoms with Crippen LogP contribution in [-0.2, 0) is 9.53 Å². The Hall–Kier alpha value is -1.65. The molecule has 0 unspecified atom stereocenters. The Bertz CT molecular complexity index is 801. The molecule has 0 bridgehead atoms. The first kappa shape index (κ1) is 14.4. The second-order valence-electron chi connectivity index (χ2n) is 5.73. The van der Waals surface area contributed by atoms with Crippen LogP contribution in [0.1, 0.15) is 82.1 Å². The van der Waals surface area contributed by atoms with Gasteiger partial charge in [-0.2, -0.15) is 0 Å². The van der Waals surface area contributed by atoms with Gasteiger partial charge in [0, 0.05) is 6.42 Å². The van der Waals surface area contributed by atoms with Crippen LogP contribution >= 0.6 is 0 Å². The minimum Gasteiger partial charge on any atom is -0.457 e. The largest absolute Gasteiger partial charge is 0.457 e. The number of hydrogen-bond acceptors (Lipinski definition) is 4. The van der Waals surface area contributed by atoms with E-state index in [1.165, 1.54) is 0 Å². The van der Waals surface area contributed by atoms with Gasteiger partial charge in [0.15, 0.2) is 0 Å². The van der Waals surface area contributed by atoms with Crippen LogP contribution in [0.15, 0.2) is 48.4 Å². The first-order chi connectivity index (χ1) is 16.5. The van der Waals surface area contributed by atoms with Gasteiger partial charge in [-0.05, 0) is 44.9 Å². The van der Waals surface area contributed by atoms with Crippen LogP contribution in [0.3, 0.4) is 0 Å². The number of ether oxygens (including phenoxy) is 1. The van der Waals surface area contributed by atoms with Gasteiger partial charge >= 0.3 is 5.97 Å². The van der Waals surface area contributed by atoms with Crippen LogP contribution in [0.4, 0.5) is 0 Å². The predicted octanol–water partition coefficient (Wildman–Crippen LogP) is 5.03. The molecule has 0 aliphatic rings. The number of hydrogen-bond donors (Lipinski definition) is 2. The summed E-state index contributed by atoms with van der Waals surface area (Å²) in [6, 6.07) is -1.12. The van der Waals surface area contributed by atoms with E-state index < -0.39 is 25.3 Å². The number of aliphatic hydroxyl groups excluding tert-OH is 2. The highest BCUT2D eigenvalue weighted by Gasteiger charge is 2.11. The van der Waals surface area contributed by atoms with Crippen LogP contribution in [0, 0.1) is 0 Å². The van der Waals surface area contributed by atoms with Crippen molar-refractivity contribution in [3.8, 4) is 0 Å². The van der Waals surface area contributed by atoms with E-state index in [2.05, 4.69) is 0 Å². The van der Waals surface area contributed by atoms with Crippen molar-refractivity contribution in [1.29, 1.82) is 0 Å². The Morgan fingerprint density at radius 2 is 1.33 bits per heavy atom. The highest BCUT2D eigenvalue weighted by Crippen LogP contribution is 2.03. The lowest BCUT2D eigenvalue weighted by Crippen LogP contribution is -2.25. The topological polar surface area (TPSA) is 66.8 Å². The fraction of sp³-hybridized carbons (Fsp3) is 0.609. The fourth-order valence-electron chi connectivity index (χ4n) is 1.85. The van der Waals surface area contributed by atoms with E-state index in [0.717, 1.165) is 19.3 Å². The van der Waals surface area contributed by atoms with Crippen molar-refractivity contribution >= 4 is 5.97 Å². The van der Waals surface area contributed by atoms with E-state index in [1.54, 1.807) is 0 Å². The molecule has 4 nitrogen and oxygen atoms in total. The summed E-state index contributed by atoms with van der Waals surface area (Å²) < 4.78 is 68.5. The number of allylic oxidation sites excluding steroid dienone is 8. The molecule has 0 heterocycles. The summed E-state index contributed by atoms with van der Waals surface area (Å²) in [5.74, 6) is -0.642. The molecule has 0 aliphatic heterocycles. The van der Waals surface area contributed by atoms with Crippen molar-refractivity contribution < 1.29 is 30.7 Å². The van der Waals surface area contributed by atoms with E-state index in [-0.39, 0.29) is 86.9 Å². The molecule has 154 valence electrons. The van der Waals surface area contributed by atoms with Crippen molar-refractivity contribution in [2.24, 2.45) is 0 Å². The van der Waals surface area contributed by atoms with Crippen LogP contribution in [0.5, 0.6) is 0 Å². The summed E-state index contributed by atoms with van der Waals surface area (Å²) in [6.07, 6.45) is 1.65. The van der Waals surface area contributed by atoms with Crippen molar-refractivity contribution in [3.05, 3.63) is 48.4 Å². The number of rotatable bonds is 17. The number of esters is 1. The first-order valence-corrected chi connectivity index (χ1v) is 9.48. The molecule has 0 rings (SSSR count). The van der Waals surface area contributed by atoms with Gasteiger partial charge < -0.3 is 14.9 Å². The molecular formula is C23H38O4. The Kier molecular flexibility index (Phi) is 11.0. The summed E-state index contributed by atoms with van der Waals surface area (Å²) in [5.41, 5.74) is 0. The minimum absolute atomic E-state index is 0.0280. The van der Waals surface area contributed by atoms with Gasteiger partial charge in [0.1, 0.15) is 6.10 Å². The number of aliphatic hydroxyl groups is 2. The van der Waals surface area contributed by atoms with Gasteiger partial charge in [0.25, 0.3) is 0 Å². The van der Waals surface area contributed by atoms with Gasteiger partial charge in [-0.15, -0.1) is 0 Å². The monoisotopic (exact) mass is 386 g/mol. The molecule has 0 aromatic carbocycles. The molecule has 0 spiro atoms. The molecule has 0 saturated heterocycles. The van der Waals surface area contributed by atoms with E-state index in [4.69, 9.17) is 25.9 Å². The third kappa shape index (κ3) is 18.9. The lowest BCUT2D eigenvalue weighted by molar-refractivity contribution is -0.153. The Labute approximate surface area is 176 Å². The molecule has 0 saturated carbocycles. The first-order valence-electron chi connectivity index (χ1n) is 13.5. The standard InChI is InChI=1S/C23H38O4/c1-2-3-4-5-6-7-8-9-10-11-12-13-14-15-16-17-18-19-23(26)27-22(20-24)21-25/h6-7,9-10,12-13,15-16,22,24-25H,2-5,8,11,14,17-21H2,1H3/b7-6-,10-9-,13-12+,16-15-/i6D,7D,9D,10D,12D,13D,15D,16D. The minimum atomic E-state index is -0.990.